The highest BCUT2D eigenvalue weighted by Crippen LogP contribution is 2.23. The summed E-state index contributed by atoms with van der Waals surface area (Å²) in [5.74, 6) is -0.199. The largest absolute Gasteiger partial charge is 0.394 e. The molecule has 0 aromatic rings. The molecular weight excluding hydrogens is 899 g/mol. The summed E-state index contributed by atoms with van der Waals surface area (Å²) in [5.41, 5.74) is 0. The number of ether oxygens (including phenoxy) is 2. The number of amides is 1. The second-order valence-electron chi connectivity index (χ2n) is 21.5. The Balaban J connectivity index is 2.17. The molecule has 0 spiro atoms. The molecule has 1 fully saturated rings. The van der Waals surface area contributed by atoms with Crippen molar-refractivity contribution < 1.29 is 39.8 Å². The lowest BCUT2D eigenvalue weighted by atomic mass is 9.99. The second kappa shape index (κ2) is 52.6. The van der Waals surface area contributed by atoms with Crippen LogP contribution in [0.1, 0.15) is 290 Å². The van der Waals surface area contributed by atoms with Crippen molar-refractivity contribution in [1.29, 1.82) is 0 Å². The number of allylic oxidation sites excluding steroid dienone is 7. The first kappa shape index (κ1) is 68.2. The average Bonchev–Trinajstić information content (AvgIpc) is 3.38. The fraction of sp³-hybridized carbons (Fsp3) is 0.857. The summed E-state index contributed by atoms with van der Waals surface area (Å²) in [5, 5.41) is 54.5. The van der Waals surface area contributed by atoms with Gasteiger partial charge in [0.2, 0.25) is 5.91 Å². The smallest absolute Gasteiger partial charge is 0.220 e. The van der Waals surface area contributed by atoms with Crippen LogP contribution in [-0.4, -0.2) is 87.5 Å². The van der Waals surface area contributed by atoms with E-state index in [1.165, 1.54) is 205 Å². The Bertz CT molecular complexity index is 1270. The van der Waals surface area contributed by atoms with Gasteiger partial charge in [-0.3, -0.25) is 4.79 Å². The second-order valence-corrected chi connectivity index (χ2v) is 21.5. The highest BCUT2D eigenvalue weighted by atomic mass is 16.7. The van der Waals surface area contributed by atoms with Crippen LogP contribution in [0.4, 0.5) is 0 Å². The van der Waals surface area contributed by atoms with Gasteiger partial charge in [0.1, 0.15) is 24.4 Å². The molecule has 1 saturated heterocycles. The van der Waals surface area contributed by atoms with Crippen LogP contribution < -0.4 is 5.32 Å². The van der Waals surface area contributed by atoms with Crippen molar-refractivity contribution >= 4 is 5.91 Å². The maximum atomic E-state index is 13.0. The van der Waals surface area contributed by atoms with Gasteiger partial charge in [-0.25, -0.2) is 0 Å². The molecule has 0 radical (unpaired) electrons. The first-order valence-electron chi connectivity index (χ1n) is 30.9. The van der Waals surface area contributed by atoms with Crippen LogP contribution in [0, 0.1) is 0 Å². The van der Waals surface area contributed by atoms with Crippen LogP contribution >= 0.6 is 0 Å². The molecule has 0 aromatic heterocycles. The third-order valence-electron chi connectivity index (χ3n) is 14.6. The van der Waals surface area contributed by atoms with E-state index < -0.39 is 49.5 Å². The molecule has 0 aliphatic carbocycles. The van der Waals surface area contributed by atoms with Crippen molar-refractivity contribution in [2.75, 3.05) is 13.2 Å². The topological polar surface area (TPSA) is 149 Å². The molecule has 422 valence electrons. The highest BCUT2D eigenvalue weighted by Gasteiger charge is 2.44. The zero-order chi connectivity index (χ0) is 52.2. The van der Waals surface area contributed by atoms with E-state index in [1.807, 2.05) is 6.08 Å². The Morgan fingerprint density at radius 3 is 1.26 bits per heavy atom. The van der Waals surface area contributed by atoms with Gasteiger partial charge in [-0.2, -0.15) is 0 Å². The fourth-order valence-corrected chi connectivity index (χ4v) is 9.73. The first-order valence-corrected chi connectivity index (χ1v) is 30.9. The van der Waals surface area contributed by atoms with Gasteiger partial charge in [-0.1, -0.05) is 268 Å². The Labute approximate surface area is 444 Å². The molecule has 9 nitrogen and oxygen atoms in total. The SMILES string of the molecule is CCCCCC/C=C\C/C=C\CCCCCCCC(=O)NC(COC1OC(CO)C(O)C(O)C1O)C(O)/C=C/CC/C=C/CCCCCCCCCCCCCCCCCCCCCCCCCCCCC. The maximum Gasteiger partial charge on any atom is 0.220 e. The molecule has 1 aliphatic heterocycles. The van der Waals surface area contributed by atoms with Crippen molar-refractivity contribution in [1.82, 2.24) is 5.32 Å². The first-order chi connectivity index (χ1) is 35.3. The van der Waals surface area contributed by atoms with Crippen LogP contribution in [0.2, 0.25) is 0 Å². The van der Waals surface area contributed by atoms with Crippen LogP contribution in [0.15, 0.2) is 48.6 Å². The summed E-state index contributed by atoms with van der Waals surface area (Å²) in [7, 11) is 0. The lowest BCUT2D eigenvalue weighted by Crippen LogP contribution is -2.60. The normalized spacial score (nSPS) is 19.5. The molecule has 0 bridgehead atoms. The molecule has 7 unspecified atom stereocenters. The van der Waals surface area contributed by atoms with Gasteiger partial charge in [0, 0.05) is 6.42 Å². The minimum absolute atomic E-state index is 0.199. The van der Waals surface area contributed by atoms with Gasteiger partial charge in [0.05, 0.1) is 25.4 Å². The number of carbonyl (C=O) groups is 1. The summed E-state index contributed by atoms with van der Waals surface area (Å²) < 4.78 is 11.3. The molecule has 0 aromatic carbocycles. The average molecular weight is 1020 g/mol. The minimum Gasteiger partial charge on any atom is -0.394 e. The Morgan fingerprint density at radius 2 is 0.833 bits per heavy atom. The van der Waals surface area contributed by atoms with Crippen LogP contribution in [0.3, 0.4) is 0 Å². The Hall–Kier alpha value is -1.85. The number of nitrogens with one attached hydrogen (secondary N) is 1. The molecule has 9 heteroatoms. The zero-order valence-corrected chi connectivity index (χ0v) is 46.9. The van der Waals surface area contributed by atoms with E-state index in [0.29, 0.717) is 6.42 Å². The highest BCUT2D eigenvalue weighted by molar-refractivity contribution is 5.76. The Kier molecular flexibility index (Phi) is 49.8. The minimum atomic E-state index is -1.58. The number of rotatable bonds is 53. The van der Waals surface area contributed by atoms with E-state index >= 15 is 0 Å². The number of aliphatic hydroxyl groups excluding tert-OH is 5. The lowest BCUT2D eigenvalue weighted by molar-refractivity contribution is -0.302. The van der Waals surface area contributed by atoms with E-state index in [2.05, 4.69) is 55.6 Å². The molecule has 6 N–H and O–H groups in total. The zero-order valence-electron chi connectivity index (χ0n) is 46.9. The molecule has 1 heterocycles. The van der Waals surface area contributed by atoms with Gasteiger partial charge >= 0.3 is 0 Å². The number of hydrogen-bond donors (Lipinski definition) is 6. The van der Waals surface area contributed by atoms with Gasteiger partial charge in [-0.15, -0.1) is 0 Å². The lowest BCUT2D eigenvalue weighted by Gasteiger charge is -2.40. The summed E-state index contributed by atoms with van der Waals surface area (Å²) in [4.78, 5) is 13.0. The quantitative estimate of drug-likeness (QED) is 0.0261. The number of hydrogen-bond acceptors (Lipinski definition) is 8. The molecule has 7 atom stereocenters. The third-order valence-corrected chi connectivity index (χ3v) is 14.6. The van der Waals surface area contributed by atoms with Crippen molar-refractivity contribution in [3.63, 3.8) is 0 Å². The Morgan fingerprint density at radius 1 is 0.472 bits per heavy atom. The van der Waals surface area contributed by atoms with Gasteiger partial charge < -0.3 is 40.3 Å². The van der Waals surface area contributed by atoms with Crippen LogP contribution in [0.25, 0.3) is 0 Å². The van der Waals surface area contributed by atoms with Crippen molar-refractivity contribution in [3.8, 4) is 0 Å². The summed E-state index contributed by atoms with van der Waals surface area (Å²) in [6.45, 7) is 3.76. The van der Waals surface area contributed by atoms with Crippen molar-refractivity contribution in [2.45, 2.75) is 333 Å². The van der Waals surface area contributed by atoms with E-state index in [9.17, 15) is 30.3 Å². The molecule has 1 amide bonds. The molecule has 72 heavy (non-hydrogen) atoms. The predicted octanol–water partition coefficient (Wildman–Crippen LogP) is 15.7. The molecule has 0 saturated carbocycles. The number of unbranched alkanes of at least 4 members (excludes halogenated alkanes) is 37. The van der Waals surface area contributed by atoms with E-state index in [1.54, 1.807) is 6.08 Å². The summed E-state index contributed by atoms with van der Waals surface area (Å²) in [6, 6.07) is -0.831. The van der Waals surface area contributed by atoms with E-state index in [4.69, 9.17) is 9.47 Å². The van der Waals surface area contributed by atoms with E-state index in [-0.39, 0.29) is 12.5 Å². The van der Waals surface area contributed by atoms with E-state index in [0.717, 1.165) is 64.2 Å². The summed E-state index contributed by atoms with van der Waals surface area (Å²) >= 11 is 0. The van der Waals surface area contributed by atoms with Gasteiger partial charge in [0.15, 0.2) is 6.29 Å². The molecule has 1 aliphatic rings. The van der Waals surface area contributed by atoms with Crippen LogP contribution in [-0.2, 0) is 14.3 Å². The number of aliphatic hydroxyl groups is 5. The number of carbonyl (C=O) groups excluding carboxylic acids is 1. The van der Waals surface area contributed by atoms with Crippen molar-refractivity contribution in [2.24, 2.45) is 0 Å². The standard InChI is InChI=1S/C63H117NO8/c1-3-5-7-9-11-13-15-17-19-21-22-23-24-25-26-27-28-29-30-31-32-33-34-35-36-37-38-40-42-44-46-48-50-52-57(66)56(55-71-63-62(70)61(69)60(68)58(54-65)72-63)64-59(67)53-51-49-47-45-43-41-39-20-18-16-14-12-10-8-6-4-2/h14,16,20,39,42,44,50,52,56-58,60-63,65-66,68-70H,3-13,15,17-19,21-38,40-41,43,45-49,51,53-55H2,1-2H3,(H,64,67)/b16-14-,39-20-,44-42+,52-50+. The maximum absolute atomic E-state index is 13.0. The van der Waals surface area contributed by atoms with Crippen molar-refractivity contribution in [3.05, 3.63) is 48.6 Å². The third kappa shape index (κ3) is 41.4. The predicted molar refractivity (Wildman–Crippen MR) is 304 cm³/mol. The van der Waals surface area contributed by atoms with Crippen LogP contribution in [0.5, 0.6) is 0 Å². The summed E-state index contributed by atoms with van der Waals surface area (Å²) in [6.07, 6.45) is 63.5. The fourth-order valence-electron chi connectivity index (χ4n) is 9.73. The molecular formula is C63H117NO8. The monoisotopic (exact) mass is 1020 g/mol. The molecule has 1 rings (SSSR count). The van der Waals surface area contributed by atoms with Gasteiger partial charge in [-0.05, 0) is 64.2 Å². The van der Waals surface area contributed by atoms with Gasteiger partial charge in [0.25, 0.3) is 0 Å².